The fourth-order valence-electron chi connectivity index (χ4n) is 1.33. The number of rotatable bonds is 4. The smallest absolute Gasteiger partial charge is 0.348 e. The number of esters is 1. The maximum Gasteiger partial charge on any atom is 0.348 e. The quantitative estimate of drug-likeness (QED) is 0.881. The molecule has 0 spiro atoms. The molecule has 98 valence electrons. The molecule has 0 aliphatic heterocycles. The summed E-state index contributed by atoms with van der Waals surface area (Å²) in [6.07, 6.45) is 0. The summed E-state index contributed by atoms with van der Waals surface area (Å²) in [5.74, 6) is -0.895. The van der Waals surface area contributed by atoms with Gasteiger partial charge in [0.05, 0.1) is 0 Å². The molecule has 1 aromatic heterocycles. The summed E-state index contributed by atoms with van der Waals surface area (Å²) in [7, 11) is 0. The van der Waals surface area contributed by atoms with Crippen molar-refractivity contribution in [3.63, 3.8) is 0 Å². The van der Waals surface area contributed by atoms with E-state index < -0.39 is 11.9 Å². The van der Waals surface area contributed by atoms with E-state index >= 15 is 0 Å². The van der Waals surface area contributed by atoms with Crippen LogP contribution >= 0.6 is 22.9 Å². The van der Waals surface area contributed by atoms with Crippen molar-refractivity contribution < 1.29 is 14.3 Å². The van der Waals surface area contributed by atoms with Crippen LogP contribution in [0.1, 0.15) is 9.67 Å². The van der Waals surface area contributed by atoms with E-state index in [1.165, 1.54) is 11.3 Å². The lowest BCUT2D eigenvalue weighted by molar-refractivity contribution is -0.119. The number of ether oxygens (including phenoxy) is 1. The number of anilines is 1. The number of carbonyl (C=O) groups excluding carboxylic acids is 2. The van der Waals surface area contributed by atoms with Crippen molar-refractivity contribution in [3.8, 4) is 0 Å². The van der Waals surface area contributed by atoms with Crippen molar-refractivity contribution in [3.05, 3.63) is 51.7 Å². The number of hydrogen-bond acceptors (Lipinski definition) is 4. The Morgan fingerprint density at radius 1 is 1.21 bits per heavy atom. The van der Waals surface area contributed by atoms with Crippen molar-refractivity contribution in [2.45, 2.75) is 0 Å². The number of halogens is 1. The molecule has 0 saturated carbocycles. The lowest BCUT2D eigenvalue weighted by atomic mass is 10.3. The molecule has 6 heteroatoms. The van der Waals surface area contributed by atoms with E-state index in [-0.39, 0.29) is 6.61 Å². The highest BCUT2D eigenvalue weighted by Crippen LogP contribution is 2.13. The van der Waals surface area contributed by atoms with Crippen LogP contribution in [-0.4, -0.2) is 18.5 Å². The molecule has 1 aromatic carbocycles. The van der Waals surface area contributed by atoms with Crippen LogP contribution in [0, 0.1) is 0 Å². The van der Waals surface area contributed by atoms with Crippen LogP contribution in [0.4, 0.5) is 5.69 Å². The Labute approximate surface area is 119 Å². The normalized spacial score (nSPS) is 9.95. The van der Waals surface area contributed by atoms with Crippen LogP contribution in [0.2, 0.25) is 5.02 Å². The summed E-state index contributed by atoms with van der Waals surface area (Å²) in [6, 6.07) is 10.0. The Hall–Kier alpha value is -1.85. The zero-order valence-electron chi connectivity index (χ0n) is 9.76. The number of hydrogen-bond donors (Lipinski definition) is 1. The second kappa shape index (κ2) is 6.36. The van der Waals surface area contributed by atoms with Gasteiger partial charge in [0, 0.05) is 10.7 Å². The van der Waals surface area contributed by atoms with E-state index in [0.717, 1.165) is 0 Å². The summed E-state index contributed by atoms with van der Waals surface area (Å²) in [4.78, 5) is 23.5. The molecule has 1 N–H and O–H groups in total. The first-order valence-corrected chi connectivity index (χ1v) is 6.67. The Morgan fingerprint density at radius 3 is 2.58 bits per heavy atom. The van der Waals surface area contributed by atoms with E-state index in [4.69, 9.17) is 16.3 Å². The van der Waals surface area contributed by atoms with Gasteiger partial charge in [-0.05, 0) is 35.7 Å². The number of nitrogens with one attached hydrogen (secondary N) is 1. The molecule has 0 aliphatic carbocycles. The first-order valence-electron chi connectivity index (χ1n) is 5.41. The van der Waals surface area contributed by atoms with Crippen molar-refractivity contribution in [1.82, 2.24) is 0 Å². The second-order valence-corrected chi connectivity index (χ2v) is 4.99. The van der Waals surface area contributed by atoms with Gasteiger partial charge in [-0.2, -0.15) is 0 Å². The van der Waals surface area contributed by atoms with Gasteiger partial charge in [-0.25, -0.2) is 4.79 Å². The van der Waals surface area contributed by atoms with E-state index in [2.05, 4.69) is 5.32 Å². The highest BCUT2D eigenvalue weighted by Gasteiger charge is 2.10. The van der Waals surface area contributed by atoms with Crippen LogP contribution in [0.25, 0.3) is 0 Å². The Balaban J connectivity index is 1.82. The third-order valence-electron chi connectivity index (χ3n) is 2.18. The van der Waals surface area contributed by atoms with E-state index in [1.807, 2.05) is 0 Å². The zero-order valence-corrected chi connectivity index (χ0v) is 11.3. The summed E-state index contributed by atoms with van der Waals surface area (Å²) in [5.41, 5.74) is 0.599. The minimum Gasteiger partial charge on any atom is -0.451 e. The molecule has 0 fully saturated rings. The Kier molecular flexibility index (Phi) is 4.54. The van der Waals surface area contributed by atoms with E-state index in [1.54, 1.807) is 41.8 Å². The first-order chi connectivity index (χ1) is 9.15. The molecule has 0 aliphatic rings. The number of thiophene rings is 1. The number of benzene rings is 1. The van der Waals surface area contributed by atoms with Gasteiger partial charge in [0.2, 0.25) is 0 Å². The minimum atomic E-state index is -0.499. The highest BCUT2D eigenvalue weighted by atomic mass is 35.5. The molecule has 0 bridgehead atoms. The average Bonchev–Trinajstić information content (AvgIpc) is 2.93. The van der Waals surface area contributed by atoms with Crippen LogP contribution in [0.15, 0.2) is 41.8 Å². The average molecular weight is 296 g/mol. The van der Waals surface area contributed by atoms with Crippen molar-refractivity contribution >= 4 is 40.5 Å². The molecule has 0 atom stereocenters. The molecule has 2 aromatic rings. The molecular formula is C13H10ClNO3S. The van der Waals surface area contributed by atoms with Crippen LogP contribution in [0.5, 0.6) is 0 Å². The van der Waals surface area contributed by atoms with Gasteiger partial charge < -0.3 is 10.1 Å². The summed E-state index contributed by atoms with van der Waals surface area (Å²) in [5, 5.41) is 4.95. The maximum absolute atomic E-state index is 11.6. The molecule has 0 unspecified atom stereocenters. The van der Waals surface area contributed by atoms with Crippen molar-refractivity contribution in [2.24, 2.45) is 0 Å². The molecule has 4 nitrogen and oxygen atoms in total. The van der Waals surface area contributed by atoms with Crippen molar-refractivity contribution in [2.75, 3.05) is 11.9 Å². The molecular weight excluding hydrogens is 286 g/mol. The third kappa shape index (κ3) is 4.08. The summed E-state index contributed by atoms with van der Waals surface area (Å²) < 4.78 is 4.88. The van der Waals surface area contributed by atoms with Gasteiger partial charge in [0.25, 0.3) is 5.91 Å². The van der Waals surface area contributed by atoms with E-state index in [9.17, 15) is 9.59 Å². The van der Waals surface area contributed by atoms with Gasteiger partial charge >= 0.3 is 5.97 Å². The monoisotopic (exact) mass is 295 g/mol. The molecule has 0 saturated heterocycles. The van der Waals surface area contributed by atoms with E-state index in [0.29, 0.717) is 15.6 Å². The predicted octanol–water partition coefficient (Wildman–Crippen LogP) is 3.20. The number of carbonyl (C=O) groups is 2. The Morgan fingerprint density at radius 2 is 1.95 bits per heavy atom. The molecule has 0 radical (unpaired) electrons. The predicted molar refractivity (Wildman–Crippen MR) is 74.7 cm³/mol. The maximum atomic E-state index is 11.6. The molecule has 1 heterocycles. The lowest BCUT2D eigenvalue weighted by Gasteiger charge is -2.05. The molecule has 19 heavy (non-hydrogen) atoms. The zero-order chi connectivity index (χ0) is 13.7. The largest absolute Gasteiger partial charge is 0.451 e. The van der Waals surface area contributed by atoms with Gasteiger partial charge in [-0.1, -0.05) is 17.7 Å². The standard InChI is InChI=1S/C13H10ClNO3S/c14-9-3-5-10(6-4-9)15-12(16)8-18-13(17)11-2-1-7-19-11/h1-7H,8H2,(H,15,16). The summed E-state index contributed by atoms with van der Waals surface area (Å²) in [6.45, 7) is -0.320. The van der Waals surface area contributed by atoms with Crippen molar-refractivity contribution in [1.29, 1.82) is 0 Å². The SMILES string of the molecule is O=C(COC(=O)c1cccs1)Nc1ccc(Cl)cc1. The summed E-state index contributed by atoms with van der Waals surface area (Å²) >= 11 is 6.99. The van der Waals surface area contributed by atoms with Gasteiger partial charge in [-0.15, -0.1) is 11.3 Å². The Bertz CT molecular complexity index is 566. The first kappa shape index (κ1) is 13.6. The fraction of sp³-hybridized carbons (Fsp3) is 0.0769. The van der Waals surface area contributed by atoms with Crippen LogP contribution < -0.4 is 5.32 Å². The third-order valence-corrected chi connectivity index (χ3v) is 3.29. The van der Waals surface area contributed by atoms with Gasteiger partial charge in [0.15, 0.2) is 6.61 Å². The van der Waals surface area contributed by atoms with Gasteiger partial charge in [0.1, 0.15) is 4.88 Å². The highest BCUT2D eigenvalue weighted by molar-refractivity contribution is 7.11. The number of amides is 1. The van der Waals surface area contributed by atoms with Gasteiger partial charge in [-0.3, -0.25) is 4.79 Å². The van der Waals surface area contributed by atoms with Crippen LogP contribution in [-0.2, 0) is 9.53 Å². The molecule has 2 rings (SSSR count). The minimum absolute atomic E-state index is 0.320. The lowest BCUT2D eigenvalue weighted by Crippen LogP contribution is -2.20. The molecule has 1 amide bonds. The second-order valence-electron chi connectivity index (χ2n) is 3.61. The fourth-order valence-corrected chi connectivity index (χ4v) is 2.07. The topological polar surface area (TPSA) is 55.4 Å². The van der Waals surface area contributed by atoms with Crippen LogP contribution in [0.3, 0.4) is 0 Å².